The summed E-state index contributed by atoms with van der Waals surface area (Å²) in [6, 6.07) is 11.7. The van der Waals surface area contributed by atoms with Gasteiger partial charge in [0, 0.05) is 42.3 Å². The molecular weight excluding hydrogens is 440 g/mol. The normalized spacial score (nSPS) is 14.9. The van der Waals surface area contributed by atoms with E-state index in [4.69, 9.17) is 4.42 Å². The Kier molecular flexibility index (Phi) is 6.51. The van der Waals surface area contributed by atoms with Crippen molar-refractivity contribution in [1.29, 1.82) is 0 Å². The van der Waals surface area contributed by atoms with E-state index in [1.165, 1.54) is 12.1 Å². The highest BCUT2D eigenvalue weighted by Gasteiger charge is 2.30. The second-order valence-electron chi connectivity index (χ2n) is 8.48. The van der Waals surface area contributed by atoms with E-state index in [0.29, 0.717) is 17.9 Å². The number of benzene rings is 1. The molecule has 1 amide bonds. The van der Waals surface area contributed by atoms with Crippen molar-refractivity contribution >= 4 is 21.7 Å². The maximum absolute atomic E-state index is 13.5. The molecule has 1 aliphatic heterocycles. The van der Waals surface area contributed by atoms with Crippen LogP contribution in [0.1, 0.15) is 40.3 Å². The van der Waals surface area contributed by atoms with Gasteiger partial charge in [-0.15, -0.1) is 0 Å². The Bertz CT molecular complexity index is 1200. The fourth-order valence-corrected chi connectivity index (χ4v) is 4.80. The third kappa shape index (κ3) is 5.42. The van der Waals surface area contributed by atoms with Crippen LogP contribution >= 0.6 is 0 Å². The van der Waals surface area contributed by atoms with E-state index in [9.17, 15) is 13.2 Å². The van der Waals surface area contributed by atoms with Crippen LogP contribution in [0.3, 0.4) is 0 Å². The predicted octanol–water partition coefficient (Wildman–Crippen LogP) is 3.40. The van der Waals surface area contributed by atoms with Gasteiger partial charge >= 0.3 is 0 Å². The van der Waals surface area contributed by atoms with Gasteiger partial charge in [-0.3, -0.25) is 4.79 Å². The summed E-state index contributed by atoms with van der Waals surface area (Å²) in [6.45, 7) is 5.75. The minimum atomic E-state index is -3.32. The Morgan fingerprint density at radius 3 is 2.27 bits per heavy atom. The Morgan fingerprint density at radius 1 is 1.09 bits per heavy atom. The zero-order chi connectivity index (χ0) is 23.6. The van der Waals surface area contributed by atoms with Crippen molar-refractivity contribution in [2.75, 3.05) is 24.2 Å². The molecule has 1 aliphatic rings. The minimum absolute atomic E-state index is 0.0133. The summed E-state index contributed by atoms with van der Waals surface area (Å²) in [7, 11) is -3.32. The van der Waals surface area contributed by atoms with Crippen molar-refractivity contribution in [3.8, 4) is 0 Å². The van der Waals surface area contributed by atoms with E-state index < -0.39 is 9.84 Å². The molecule has 2 aromatic heterocycles. The van der Waals surface area contributed by atoms with Crippen LogP contribution in [0.2, 0.25) is 0 Å². The molecule has 8 nitrogen and oxygen atoms in total. The molecule has 0 aliphatic carbocycles. The highest BCUT2D eigenvalue weighted by atomic mass is 32.2. The molecule has 4 rings (SSSR count). The third-order valence-corrected chi connectivity index (χ3v) is 6.98. The maximum Gasteiger partial charge on any atom is 0.254 e. The number of amides is 1. The number of hydrogen-bond donors (Lipinski definition) is 0. The summed E-state index contributed by atoms with van der Waals surface area (Å²) in [5.41, 5.74) is 2.33. The van der Waals surface area contributed by atoms with Gasteiger partial charge in [0.1, 0.15) is 5.76 Å². The molecule has 0 atom stereocenters. The van der Waals surface area contributed by atoms with Crippen molar-refractivity contribution in [1.82, 2.24) is 14.9 Å². The van der Waals surface area contributed by atoms with Crippen LogP contribution < -0.4 is 4.90 Å². The highest BCUT2D eigenvalue weighted by Crippen LogP contribution is 2.24. The van der Waals surface area contributed by atoms with E-state index in [0.717, 1.165) is 49.5 Å². The minimum Gasteiger partial charge on any atom is -0.467 e. The molecule has 3 heterocycles. The lowest BCUT2D eigenvalue weighted by Gasteiger charge is -2.38. The smallest absolute Gasteiger partial charge is 0.254 e. The molecule has 1 fully saturated rings. The Morgan fingerprint density at radius 2 is 1.73 bits per heavy atom. The first kappa shape index (κ1) is 23.0. The molecule has 0 N–H and O–H groups in total. The molecule has 174 valence electrons. The number of rotatable bonds is 6. The number of furan rings is 1. The van der Waals surface area contributed by atoms with Crippen LogP contribution in [0.25, 0.3) is 0 Å². The van der Waals surface area contributed by atoms with Crippen LogP contribution in [0.15, 0.2) is 58.0 Å². The van der Waals surface area contributed by atoms with E-state index in [-0.39, 0.29) is 16.8 Å². The number of carbonyl (C=O) groups is 1. The average Bonchev–Trinajstić information content (AvgIpc) is 3.29. The quantitative estimate of drug-likeness (QED) is 0.547. The van der Waals surface area contributed by atoms with Gasteiger partial charge in [-0.2, -0.15) is 0 Å². The SMILES string of the molecule is Cc1cc(C)nc(N2CCC(N(Cc3ccco3)C(=O)c3ccc(S(C)(=O)=O)cc3)CC2)n1. The molecule has 0 bridgehead atoms. The highest BCUT2D eigenvalue weighted by molar-refractivity contribution is 7.90. The lowest BCUT2D eigenvalue weighted by atomic mass is 10.0. The summed E-state index contributed by atoms with van der Waals surface area (Å²) in [5, 5.41) is 0. The van der Waals surface area contributed by atoms with Crippen LogP contribution in [0, 0.1) is 13.8 Å². The second-order valence-corrected chi connectivity index (χ2v) is 10.5. The maximum atomic E-state index is 13.5. The summed E-state index contributed by atoms with van der Waals surface area (Å²) in [4.78, 5) is 26.8. The van der Waals surface area contributed by atoms with E-state index >= 15 is 0 Å². The largest absolute Gasteiger partial charge is 0.467 e. The number of nitrogens with zero attached hydrogens (tertiary/aromatic N) is 4. The van der Waals surface area contributed by atoms with Crippen molar-refractivity contribution < 1.29 is 17.6 Å². The monoisotopic (exact) mass is 468 g/mol. The molecule has 9 heteroatoms. The van der Waals surface area contributed by atoms with Crippen LogP contribution in [0.4, 0.5) is 5.95 Å². The molecule has 33 heavy (non-hydrogen) atoms. The molecule has 1 saturated heterocycles. The fourth-order valence-electron chi connectivity index (χ4n) is 4.17. The molecular formula is C24H28N4O4S. The molecule has 0 unspecified atom stereocenters. The van der Waals surface area contributed by atoms with Gasteiger partial charge in [0.25, 0.3) is 5.91 Å². The van der Waals surface area contributed by atoms with Crippen LogP contribution in [-0.4, -0.2) is 54.6 Å². The first-order chi connectivity index (χ1) is 15.7. The first-order valence-electron chi connectivity index (χ1n) is 10.9. The van der Waals surface area contributed by atoms with Gasteiger partial charge < -0.3 is 14.2 Å². The van der Waals surface area contributed by atoms with Crippen LogP contribution in [-0.2, 0) is 16.4 Å². The Balaban J connectivity index is 1.53. The molecule has 0 saturated carbocycles. The zero-order valence-corrected chi connectivity index (χ0v) is 19.9. The number of aromatic nitrogens is 2. The standard InChI is InChI=1S/C24H28N4O4S/c1-17-15-18(2)26-24(25-17)27-12-10-20(11-13-27)28(16-21-5-4-14-32-21)23(29)19-6-8-22(9-7-19)33(3,30)31/h4-9,14-15,20H,10-13,16H2,1-3H3. The van der Waals surface area contributed by atoms with Gasteiger partial charge in [0.05, 0.1) is 17.7 Å². The van der Waals surface area contributed by atoms with Gasteiger partial charge in [0.2, 0.25) is 5.95 Å². The van der Waals surface area contributed by atoms with E-state index in [1.807, 2.05) is 30.9 Å². The summed E-state index contributed by atoms with van der Waals surface area (Å²) in [5.74, 6) is 1.29. The second kappa shape index (κ2) is 9.35. The van der Waals surface area contributed by atoms with Gasteiger partial charge in [-0.1, -0.05) is 0 Å². The van der Waals surface area contributed by atoms with Gasteiger partial charge in [-0.25, -0.2) is 18.4 Å². The summed E-state index contributed by atoms with van der Waals surface area (Å²) in [6.07, 6.45) is 4.29. The number of piperidine rings is 1. The van der Waals surface area contributed by atoms with Crippen LogP contribution in [0.5, 0.6) is 0 Å². The summed E-state index contributed by atoms with van der Waals surface area (Å²) < 4.78 is 29.1. The predicted molar refractivity (Wildman–Crippen MR) is 125 cm³/mol. The first-order valence-corrected chi connectivity index (χ1v) is 12.8. The Hall–Kier alpha value is -3.20. The lowest BCUT2D eigenvalue weighted by molar-refractivity contribution is 0.0613. The number of carbonyl (C=O) groups excluding carboxylic acids is 1. The average molecular weight is 469 g/mol. The zero-order valence-electron chi connectivity index (χ0n) is 19.1. The fraction of sp³-hybridized carbons (Fsp3) is 0.375. The van der Waals surface area contributed by atoms with Gasteiger partial charge in [0.15, 0.2) is 9.84 Å². The number of sulfone groups is 1. The van der Waals surface area contributed by atoms with Crippen molar-refractivity contribution in [3.05, 3.63) is 71.4 Å². The van der Waals surface area contributed by atoms with Crippen molar-refractivity contribution in [2.45, 2.75) is 44.2 Å². The molecule has 3 aromatic rings. The number of hydrogen-bond acceptors (Lipinski definition) is 7. The van der Waals surface area contributed by atoms with E-state index in [1.54, 1.807) is 24.5 Å². The van der Waals surface area contributed by atoms with E-state index in [2.05, 4.69) is 14.9 Å². The van der Waals surface area contributed by atoms with Crippen molar-refractivity contribution in [2.24, 2.45) is 0 Å². The third-order valence-electron chi connectivity index (χ3n) is 5.86. The molecule has 0 radical (unpaired) electrons. The number of anilines is 1. The molecule has 1 aromatic carbocycles. The lowest BCUT2D eigenvalue weighted by Crippen LogP contribution is -2.47. The Labute approximate surface area is 194 Å². The number of aryl methyl sites for hydroxylation is 2. The molecule has 0 spiro atoms. The summed E-state index contributed by atoms with van der Waals surface area (Å²) >= 11 is 0. The van der Waals surface area contributed by atoms with Gasteiger partial charge in [-0.05, 0) is 69.2 Å². The topological polar surface area (TPSA) is 96.6 Å². The van der Waals surface area contributed by atoms with Crippen molar-refractivity contribution in [3.63, 3.8) is 0 Å².